The Morgan fingerprint density at radius 3 is 2.91 bits per heavy atom. The topological polar surface area (TPSA) is 66.6 Å². The molecule has 1 saturated heterocycles. The van der Waals surface area contributed by atoms with Crippen LogP contribution in [0.3, 0.4) is 0 Å². The van der Waals surface area contributed by atoms with Gasteiger partial charge in [-0.15, -0.1) is 0 Å². The Hall–Kier alpha value is -0.770. The summed E-state index contributed by atoms with van der Waals surface area (Å²) < 4.78 is 0. The highest BCUT2D eigenvalue weighted by Crippen LogP contribution is 2.54. The van der Waals surface area contributed by atoms with Gasteiger partial charge in [-0.05, 0) is 18.8 Å². The summed E-state index contributed by atoms with van der Waals surface area (Å²) in [5, 5.41) is 8.78. The Bertz CT molecular complexity index is 203. The molecular formula is C7H12N2O2. The van der Waals surface area contributed by atoms with Crippen LogP contribution in [0.5, 0.6) is 0 Å². The van der Waals surface area contributed by atoms with E-state index in [2.05, 4.69) is 0 Å². The molecule has 1 aliphatic heterocycles. The zero-order valence-electron chi connectivity index (χ0n) is 6.29. The summed E-state index contributed by atoms with van der Waals surface area (Å²) in [6.07, 6.45) is 1.18. The summed E-state index contributed by atoms with van der Waals surface area (Å²) in [6.45, 7) is 1.17. The maximum atomic E-state index is 10.7. The van der Waals surface area contributed by atoms with Gasteiger partial charge >= 0.3 is 6.09 Å². The molecule has 11 heavy (non-hydrogen) atoms. The maximum absolute atomic E-state index is 10.7. The number of rotatable bonds is 1. The first-order chi connectivity index (χ1) is 5.20. The summed E-state index contributed by atoms with van der Waals surface area (Å²) >= 11 is 0. The van der Waals surface area contributed by atoms with Crippen molar-refractivity contribution in [2.45, 2.75) is 18.4 Å². The molecule has 2 aliphatic rings. The van der Waals surface area contributed by atoms with Crippen molar-refractivity contribution in [1.82, 2.24) is 4.90 Å². The van der Waals surface area contributed by atoms with Crippen molar-refractivity contribution in [1.29, 1.82) is 0 Å². The van der Waals surface area contributed by atoms with E-state index >= 15 is 0 Å². The number of hydrogen-bond donors (Lipinski definition) is 2. The molecule has 4 heteroatoms. The van der Waals surface area contributed by atoms with Crippen molar-refractivity contribution >= 4 is 6.09 Å². The van der Waals surface area contributed by atoms with E-state index in [-0.39, 0.29) is 5.54 Å². The van der Waals surface area contributed by atoms with Crippen LogP contribution in [0, 0.1) is 5.92 Å². The van der Waals surface area contributed by atoms with Crippen molar-refractivity contribution in [2.24, 2.45) is 11.7 Å². The Morgan fingerprint density at radius 1 is 1.82 bits per heavy atom. The normalized spacial score (nSPS) is 40.5. The summed E-state index contributed by atoms with van der Waals surface area (Å²) in [5.41, 5.74) is 5.39. The van der Waals surface area contributed by atoms with Gasteiger partial charge in [-0.1, -0.05) is 0 Å². The van der Waals surface area contributed by atoms with E-state index in [4.69, 9.17) is 10.8 Å². The predicted molar refractivity (Wildman–Crippen MR) is 39.2 cm³/mol. The average molecular weight is 156 g/mol. The SMILES string of the molecule is NCC12CC1CCN2C(=O)O. The molecule has 0 spiro atoms. The largest absolute Gasteiger partial charge is 0.465 e. The molecule has 0 aromatic heterocycles. The van der Waals surface area contributed by atoms with Gasteiger partial charge in [-0.2, -0.15) is 0 Å². The Kier molecular flexibility index (Phi) is 1.18. The first kappa shape index (κ1) is 6.91. The van der Waals surface area contributed by atoms with Gasteiger partial charge in [0, 0.05) is 13.1 Å². The van der Waals surface area contributed by atoms with Gasteiger partial charge in [0.25, 0.3) is 0 Å². The minimum absolute atomic E-state index is 0.147. The maximum Gasteiger partial charge on any atom is 0.407 e. The molecule has 1 aliphatic carbocycles. The standard InChI is InChI=1S/C7H12N2O2/c8-4-7-3-5(7)1-2-9(7)6(10)11/h5H,1-4,8H2,(H,10,11). The molecule has 0 aromatic rings. The van der Waals surface area contributed by atoms with Crippen molar-refractivity contribution in [3.63, 3.8) is 0 Å². The van der Waals surface area contributed by atoms with Gasteiger partial charge in [-0.25, -0.2) is 4.79 Å². The molecular weight excluding hydrogens is 144 g/mol. The quantitative estimate of drug-likeness (QED) is 0.565. The number of carbonyl (C=O) groups is 1. The van der Waals surface area contributed by atoms with E-state index < -0.39 is 6.09 Å². The van der Waals surface area contributed by atoms with Gasteiger partial charge in [0.05, 0.1) is 5.54 Å². The molecule has 62 valence electrons. The van der Waals surface area contributed by atoms with Crippen molar-refractivity contribution in [2.75, 3.05) is 13.1 Å². The van der Waals surface area contributed by atoms with Gasteiger partial charge in [0.1, 0.15) is 0 Å². The fourth-order valence-electron chi connectivity index (χ4n) is 2.22. The van der Waals surface area contributed by atoms with Gasteiger partial charge < -0.3 is 15.7 Å². The van der Waals surface area contributed by atoms with Crippen molar-refractivity contribution < 1.29 is 9.90 Å². The number of amides is 1. The van der Waals surface area contributed by atoms with Crippen LogP contribution in [0.15, 0.2) is 0 Å². The highest BCUT2D eigenvalue weighted by molar-refractivity contribution is 5.68. The highest BCUT2D eigenvalue weighted by atomic mass is 16.4. The van der Waals surface area contributed by atoms with E-state index in [1.165, 1.54) is 4.90 Å². The monoisotopic (exact) mass is 156 g/mol. The molecule has 1 amide bonds. The second-order valence-electron chi connectivity index (χ2n) is 3.43. The van der Waals surface area contributed by atoms with Gasteiger partial charge in [0.2, 0.25) is 0 Å². The molecule has 2 atom stereocenters. The third kappa shape index (κ3) is 0.701. The molecule has 2 unspecified atom stereocenters. The molecule has 0 bridgehead atoms. The second-order valence-corrected chi connectivity index (χ2v) is 3.43. The van der Waals surface area contributed by atoms with Crippen molar-refractivity contribution in [3.05, 3.63) is 0 Å². The van der Waals surface area contributed by atoms with Crippen LogP contribution in [0.4, 0.5) is 4.79 Å². The third-order valence-electron chi connectivity index (χ3n) is 3.02. The van der Waals surface area contributed by atoms with E-state index in [0.717, 1.165) is 12.8 Å². The smallest absolute Gasteiger partial charge is 0.407 e. The van der Waals surface area contributed by atoms with Crippen LogP contribution in [0.25, 0.3) is 0 Å². The minimum atomic E-state index is -0.810. The van der Waals surface area contributed by atoms with Crippen LogP contribution in [0.1, 0.15) is 12.8 Å². The lowest BCUT2D eigenvalue weighted by Gasteiger charge is -2.23. The van der Waals surface area contributed by atoms with Gasteiger partial charge in [0.15, 0.2) is 0 Å². The molecule has 4 nitrogen and oxygen atoms in total. The van der Waals surface area contributed by atoms with Crippen LogP contribution >= 0.6 is 0 Å². The molecule has 0 radical (unpaired) electrons. The summed E-state index contributed by atoms with van der Waals surface area (Å²) in [5.74, 6) is 0.559. The molecule has 1 heterocycles. The summed E-state index contributed by atoms with van der Waals surface area (Å²) in [4.78, 5) is 12.2. The lowest BCUT2D eigenvalue weighted by atomic mass is 10.2. The molecule has 0 aromatic carbocycles. The first-order valence-corrected chi connectivity index (χ1v) is 3.91. The molecule has 2 fully saturated rings. The second kappa shape index (κ2) is 1.88. The number of piperidine rings is 1. The molecule has 2 rings (SSSR count). The number of fused-ring (bicyclic) bond motifs is 1. The van der Waals surface area contributed by atoms with Crippen LogP contribution in [-0.2, 0) is 0 Å². The number of nitrogens with two attached hydrogens (primary N) is 1. The van der Waals surface area contributed by atoms with E-state index in [9.17, 15) is 4.79 Å². The minimum Gasteiger partial charge on any atom is -0.465 e. The first-order valence-electron chi connectivity index (χ1n) is 3.91. The Labute approximate surface area is 65.0 Å². The van der Waals surface area contributed by atoms with E-state index in [1.54, 1.807) is 0 Å². The van der Waals surface area contributed by atoms with Gasteiger partial charge in [-0.3, -0.25) is 0 Å². The number of nitrogens with zero attached hydrogens (tertiary/aromatic N) is 1. The number of likely N-dealkylation sites (tertiary alicyclic amines) is 1. The zero-order valence-corrected chi connectivity index (χ0v) is 6.29. The van der Waals surface area contributed by atoms with Crippen LogP contribution in [-0.4, -0.2) is 34.7 Å². The molecule has 1 saturated carbocycles. The fourth-order valence-corrected chi connectivity index (χ4v) is 2.22. The molecule has 3 N–H and O–H groups in total. The van der Waals surface area contributed by atoms with Crippen LogP contribution in [0.2, 0.25) is 0 Å². The predicted octanol–water partition coefficient (Wildman–Crippen LogP) is 0.0875. The summed E-state index contributed by atoms with van der Waals surface area (Å²) in [7, 11) is 0. The Balaban J connectivity index is 2.17. The van der Waals surface area contributed by atoms with Crippen molar-refractivity contribution in [3.8, 4) is 0 Å². The van der Waals surface area contributed by atoms with Crippen LogP contribution < -0.4 is 5.73 Å². The number of hydrogen-bond acceptors (Lipinski definition) is 2. The lowest BCUT2D eigenvalue weighted by molar-refractivity contribution is 0.130. The van der Waals surface area contributed by atoms with E-state index in [0.29, 0.717) is 19.0 Å². The zero-order chi connectivity index (χ0) is 8.06. The summed E-state index contributed by atoms with van der Waals surface area (Å²) in [6, 6.07) is 0. The average Bonchev–Trinajstić information content (AvgIpc) is 2.58. The fraction of sp³-hybridized carbons (Fsp3) is 0.857. The lowest BCUT2D eigenvalue weighted by Crippen LogP contribution is -2.43. The van der Waals surface area contributed by atoms with E-state index in [1.807, 2.05) is 0 Å². The highest BCUT2D eigenvalue weighted by Gasteiger charge is 2.62. The number of carboxylic acid groups (broad SMARTS) is 1. The Morgan fingerprint density at radius 2 is 2.55 bits per heavy atom. The third-order valence-corrected chi connectivity index (χ3v) is 3.02.